The molecule has 3 amide bonds. The lowest BCUT2D eigenvalue weighted by Gasteiger charge is -2.28. The van der Waals surface area contributed by atoms with Gasteiger partial charge >= 0.3 is 6.09 Å². The second kappa shape index (κ2) is 11.1. The number of anilines is 2. The Balaban J connectivity index is 1.34. The molecule has 206 valence electrons. The molecular weight excluding hydrogens is 566 g/mol. The maximum atomic E-state index is 13.8. The quantitative estimate of drug-likeness (QED) is 0.449. The zero-order chi connectivity index (χ0) is 27.7. The van der Waals surface area contributed by atoms with E-state index >= 15 is 0 Å². The van der Waals surface area contributed by atoms with Crippen LogP contribution in [0.15, 0.2) is 59.1 Å². The van der Waals surface area contributed by atoms with Crippen LogP contribution in [0.25, 0.3) is 0 Å². The molecule has 3 heterocycles. The van der Waals surface area contributed by atoms with Gasteiger partial charge in [0.1, 0.15) is 6.61 Å². The number of hydrogen-bond acceptors (Lipinski definition) is 6. The number of fused-ring (bicyclic) bond motifs is 1. The number of halogens is 1. The van der Waals surface area contributed by atoms with E-state index in [1.54, 1.807) is 39.8 Å². The maximum absolute atomic E-state index is 13.8. The van der Waals surface area contributed by atoms with E-state index in [-0.39, 0.29) is 37.6 Å². The fourth-order valence-electron chi connectivity index (χ4n) is 5.65. The van der Waals surface area contributed by atoms with Crippen LogP contribution in [0.4, 0.5) is 16.2 Å². The molecule has 0 unspecified atom stereocenters. The van der Waals surface area contributed by atoms with Crippen molar-refractivity contribution in [2.75, 3.05) is 36.1 Å². The van der Waals surface area contributed by atoms with Crippen molar-refractivity contribution in [1.82, 2.24) is 4.90 Å². The van der Waals surface area contributed by atoms with Gasteiger partial charge in [-0.1, -0.05) is 47.1 Å². The monoisotopic (exact) mass is 597 g/mol. The number of aliphatic hydroxyl groups is 2. The summed E-state index contributed by atoms with van der Waals surface area (Å²) >= 11 is 3.47. The Morgan fingerprint density at radius 1 is 1.21 bits per heavy atom. The molecule has 3 aliphatic rings. The highest BCUT2D eigenvalue weighted by atomic mass is 79.9. The number of cyclic esters (lactones) is 1. The first-order chi connectivity index (χ1) is 18.7. The molecule has 2 saturated heterocycles. The van der Waals surface area contributed by atoms with E-state index < -0.39 is 17.4 Å². The first kappa shape index (κ1) is 27.4. The van der Waals surface area contributed by atoms with Gasteiger partial charge in [-0.3, -0.25) is 14.5 Å². The van der Waals surface area contributed by atoms with Crippen molar-refractivity contribution in [1.29, 1.82) is 0 Å². The second-order valence-corrected chi connectivity index (χ2v) is 11.2. The lowest BCUT2D eigenvalue weighted by Crippen LogP contribution is -2.44. The molecule has 0 spiro atoms. The van der Waals surface area contributed by atoms with Gasteiger partial charge in [-0.2, -0.15) is 0 Å². The third-order valence-corrected chi connectivity index (χ3v) is 8.36. The van der Waals surface area contributed by atoms with Gasteiger partial charge in [0.2, 0.25) is 5.91 Å². The Morgan fingerprint density at radius 2 is 1.97 bits per heavy atom. The minimum absolute atomic E-state index is 0.0465. The average Bonchev–Trinajstić information content (AvgIpc) is 3.64. The summed E-state index contributed by atoms with van der Waals surface area (Å²) in [6, 6.07) is 12.6. The highest BCUT2D eigenvalue weighted by Crippen LogP contribution is 2.46. The highest BCUT2D eigenvalue weighted by Gasteiger charge is 2.52. The number of rotatable bonds is 8. The normalized spacial score (nSPS) is 23.6. The van der Waals surface area contributed by atoms with Crippen LogP contribution in [-0.4, -0.2) is 65.4 Å². The number of hydrogen-bond donors (Lipinski definition) is 2. The molecule has 5 rings (SSSR count). The van der Waals surface area contributed by atoms with E-state index in [0.717, 1.165) is 28.6 Å². The van der Waals surface area contributed by atoms with Crippen molar-refractivity contribution in [3.63, 3.8) is 0 Å². The van der Waals surface area contributed by atoms with Crippen LogP contribution in [0.1, 0.15) is 37.3 Å². The number of benzene rings is 2. The molecule has 2 aromatic rings. The zero-order valence-electron chi connectivity index (χ0n) is 21.8. The summed E-state index contributed by atoms with van der Waals surface area (Å²) < 4.78 is 5.75. The Bertz CT molecular complexity index is 1300. The number of carbonyl (C=O) groups excluding carboxylic acids is 3. The first-order valence-corrected chi connectivity index (χ1v) is 14.0. The molecule has 3 atom stereocenters. The second-order valence-electron chi connectivity index (χ2n) is 10.2. The van der Waals surface area contributed by atoms with Gasteiger partial charge in [0.15, 0.2) is 5.60 Å². The van der Waals surface area contributed by atoms with Crippen molar-refractivity contribution in [3.8, 4) is 0 Å². The fraction of sp³-hybridized carbons (Fsp3) is 0.414. The van der Waals surface area contributed by atoms with E-state index in [2.05, 4.69) is 15.9 Å². The summed E-state index contributed by atoms with van der Waals surface area (Å²) in [6.07, 6.45) is 4.86. The zero-order valence-corrected chi connectivity index (χ0v) is 23.3. The molecule has 2 aromatic carbocycles. The number of ether oxygens (including phenoxy) is 1. The summed E-state index contributed by atoms with van der Waals surface area (Å²) in [6.45, 7) is 3.45. The molecule has 0 bridgehead atoms. The molecule has 2 N–H and O–H groups in total. The Morgan fingerprint density at radius 3 is 2.67 bits per heavy atom. The number of aliphatic hydroxyl groups excluding tert-OH is 1. The van der Waals surface area contributed by atoms with E-state index in [1.165, 1.54) is 0 Å². The van der Waals surface area contributed by atoms with Crippen molar-refractivity contribution < 1.29 is 29.3 Å². The largest absolute Gasteiger partial charge is 0.447 e. The number of carbonyl (C=O) groups is 3. The first-order valence-electron chi connectivity index (χ1n) is 13.2. The Labute approximate surface area is 235 Å². The summed E-state index contributed by atoms with van der Waals surface area (Å²) in [5.74, 6) is -1.12. The summed E-state index contributed by atoms with van der Waals surface area (Å²) in [4.78, 5) is 43.2. The standard InChI is InChI=1S/C29H32BrN3O6/c1-19(4-2-6-26(35)31-13-3-5-23(31)18-34)29(38)24-16-21(30)9-12-25(24)33(27(29)36)17-20-7-10-22(11-8-20)32-14-15-39-28(32)37/h2,4,7-12,16,19,23,34,38H,3,5-6,13-15,17-18H2,1H3/b4-2+/t19-,23+,29+/m1/s1. The smallest absolute Gasteiger partial charge is 0.414 e. The van der Waals surface area contributed by atoms with Gasteiger partial charge in [0.25, 0.3) is 5.91 Å². The summed E-state index contributed by atoms with van der Waals surface area (Å²) in [7, 11) is 0. The minimum Gasteiger partial charge on any atom is -0.447 e. The van der Waals surface area contributed by atoms with Crippen LogP contribution in [0.5, 0.6) is 0 Å². The van der Waals surface area contributed by atoms with Gasteiger partial charge < -0.3 is 24.7 Å². The topological polar surface area (TPSA) is 111 Å². The maximum Gasteiger partial charge on any atom is 0.414 e. The minimum atomic E-state index is -1.81. The van der Waals surface area contributed by atoms with E-state index in [0.29, 0.717) is 30.9 Å². The average molecular weight is 598 g/mol. The van der Waals surface area contributed by atoms with Crippen molar-refractivity contribution in [3.05, 3.63) is 70.2 Å². The van der Waals surface area contributed by atoms with Crippen LogP contribution in [-0.2, 0) is 26.5 Å². The number of amides is 3. The van der Waals surface area contributed by atoms with E-state index in [1.807, 2.05) is 36.4 Å². The van der Waals surface area contributed by atoms with Crippen LogP contribution < -0.4 is 9.80 Å². The SMILES string of the molecule is C[C@H](/C=C/CC(=O)N1CCC[C@H]1CO)[C@@]1(O)C(=O)N(Cc2ccc(N3CCOC3=O)cc2)c2ccc(Br)cc21. The molecule has 0 aromatic heterocycles. The molecule has 39 heavy (non-hydrogen) atoms. The molecule has 10 heteroatoms. The summed E-state index contributed by atoms with van der Waals surface area (Å²) in [5, 5.41) is 21.4. The van der Waals surface area contributed by atoms with Gasteiger partial charge in [-0.05, 0) is 48.7 Å². The van der Waals surface area contributed by atoms with Gasteiger partial charge in [-0.25, -0.2) is 4.79 Å². The van der Waals surface area contributed by atoms with Crippen LogP contribution in [0.3, 0.4) is 0 Å². The molecule has 0 radical (unpaired) electrons. The van der Waals surface area contributed by atoms with Gasteiger partial charge in [-0.15, -0.1) is 0 Å². The van der Waals surface area contributed by atoms with Crippen molar-refractivity contribution in [2.45, 2.75) is 44.4 Å². The third-order valence-electron chi connectivity index (χ3n) is 7.87. The number of likely N-dealkylation sites (tertiary alicyclic amines) is 1. The van der Waals surface area contributed by atoms with Gasteiger partial charge in [0, 0.05) is 34.6 Å². The highest BCUT2D eigenvalue weighted by molar-refractivity contribution is 9.10. The van der Waals surface area contributed by atoms with Crippen molar-refractivity contribution in [2.24, 2.45) is 5.92 Å². The molecule has 9 nitrogen and oxygen atoms in total. The lowest BCUT2D eigenvalue weighted by molar-refractivity contribution is -0.139. The Hall–Kier alpha value is -3.21. The number of nitrogens with zero attached hydrogens (tertiary/aromatic N) is 3. The van der Waals surface area contributed by atoms with E-state index in [4.69, 9.17) is 4.74 Å². The predicted octanol–water partition coefficient (Wildman–Crippen LogP) is 3.71. The van der Waals surface area contributed by atoms with Crippen molar-refractivity contribution >= 4 is 45.2 Å². The Kier molecular flexibility index (Phi) is 7.80. The molecule has 0 aliphatic carbocycles. The molecular formula is C29H32BrN3O6. The summed E-state index contributed by atoms with van der Waals surface area (Å²) in [5.41, 5.74) is 0.885. The third kappa shape index (κ3) is 5.08. The predicted molar refractivity (Wildman–Crippen MR) is 149 cm³/mol. The molecule has 0 saturated carbocycles. The molecule has 3 aliphatic heterocycles. The lowest BCUT2D eigenvalue weighted by atomic mass is 9.83. The van der Waals surface area contributed by atoms with Crippen LogP contribution in [0, 0.1) is 5.92 Å². The molecule has 2 fully saturated rings. The fourth-order valence-corrected chi connectivity index (χ4v) is 6.01. The van der Waals surface area contributed by atoms with E-state index in [9.17, 15) is 24.6 Å². The van der Waals surface area contributed by atoms with Crippen LogP contribution >= 0.6 is 15.9 Å². The van der Waals surface area contributed by atoms with Crippen LogP contribution in [0.2, 0.25) is 0 Å². The van der Waals surface area contributed by atoms with Gasteiger partial charge in [0.05, 0.1) is 31.4 Å².